The molecule has 3 N–H and O–H groups in total. The first-order chi connectivity index (χ1) is 9.23. The summed E-state index contributed by atoms with van der Waals surface area (Å²) in [4.78, 5) is 11.9. The minimum Gasteiger partial charge on any atom is -0.495 e. The van der Waals surface area contributed by atoms with Crippen LogP contribution in [-0.4, -0.2) is 18.8 Å². The van der Waals surface area contributed by atoms with Crippen LogP contribution in [0.5, 0.6) is 5.75 Å². The molecule has 0 atom stereocenters. The van der Waals surface area contributed by atoms with Crippen LogP contribution in [0.4, 0.5) is 10.5 Å². The maximum Gasteiger partial charge on any atom is 0.412 e. The van der Waals surface area contributed by atoms with Crippen molar-refractivity contribution in [3.8, 4) is 5.75 Å². The Labute approximate surface area is 119 Å². The summed E-state index contributed by atoms with van der Waals surface area (Å²) in [5.74, 6) is 0.587. The molecule has 0 unspecified atom stereocenters. The van der Waals surface area contributed by atoms with Crippen LogP contribution >= 0.6 is 0 Å². The molecule has 1 aromatic rings. The van der Waals surface area contributed by atoms with E-state index >= 15 is 0 Å². The second-order valence-corrected chi connectivity index (χ2v) is 6.20. The van der Waals surface area contributed by atoms with Gasteiger partial charge in [0.1, 0.15) is 11.4 Å². The zero-order valence-corrected chi connectivity index (χ0v) is 12.4. The molecule has 110 valence electrons. The van der Waals surface area contributed by atoms with E-state index in [-0.39, 0.29) is 5.54 Å². The predicted molar refractivity (Wildman–Crippen MR) is 78.0 cm³/mol. The number of benzene rings is 1. The van der Waals surface area contributed by atoms with Crippen LogP contribution in [0, 0.1) is 0 Å². The smallest absolute Gasteiger partial charge is 0.412 e. The first kappa shape index (κ1) is 14.7. The van der Waals surface area contributed by atoms with Gasteiger partial charge in [0.05, 0.1) is 12.8 Å². The number of amides is 1. The number of nitrogens with two attached hydrogens (primary N) is 1. The van der Waals surface area contributed by atoms with Gasteiger partial charge in [0.25, 0.3) is 0 Å². The second kappa shape index (κ2) is 4.98. The van der Waals surface area contributed by atoms with Gasteiger partial charge in [-0.25, -0.2) is 4.79 Å². The Kier molecular flexibility index (Phi) is 3.65. The Morgan fingerprint density at radius 1 is 1.35 bits per heavy atom. The van der Waals surface area contributed by atoms with E-state index in [1.54, 1.807) is 7.11 Å². The fraction of sp³-hybridized carbons (Fsp3) is 0.533. The first-order valence-corrected chi connectivity index (χ1v) is 6.71. The lowest BCUT2D eigenvalue weighted by Crippen LogP contribution is -2.27. The molecule has 5 heteroatoms. The van der Waals surface area contributed by atoms with E-state index in [1.165, 1.54) is 0 Å². The molecular formula is C15H22N2O3. The van der Waals surface area contributed by atoms with Gasteiger partial charge in [-0.3, -0.25) is 5.32 Å². The van der Waals surface area contributed by atoms with Crippen molar-refractivity contribution in [1.82, 2.24) is 0 Å². The highest BCUT2D eigenvalue weighted by molar-refractivity contribution is 5.87. The van der Waals surface area contributed by atoms with E-state index in [0.717, 1.165) is 18.4 Å². The van der Waals surface area contributed by atoms with Gasteiger partial charge < -0.3 is 15.2 Å². The number of hydrogen-bond donors (Lipinski definition) is 2. The van der Waals surface area contributed by atoms with E-state index in [2.05, 4.69) is 5.32 Å². The molecule has 0 saturated heterocycles. The number of carbonyl (C=O) groups is 1. The van der Waals surface area contributed by atoms with Crippen LogP contribution in [0.2, 0.25) is 0 Å². The molecule has 0 bridgehead atoms. The minimum atomic E-state index is -0.541. The summed E-state index contributed by atoms with van der Waals surface area (Å²) in [6, 6.07) is 5.61. The van der Waals surface area contributed by atoms with E-state index in [0.29, 0.717) is 11.4 Å². The molecule has 1 aliphatic carbocycles. The van der Waals surface area contributed by atoms with Gasteiger partial charge in [0.15, 0.2) is 0 Å². The molecule has 1 saturated carbocycles. The molecule has 0 aliphatic heterocycles. The van der Waals surface area contributed by atoms with Crippen molar-refractivity contribution in [3.05, 3.63) is 23.8 Å². The summed E-state index contributed by atoms with van der Waals surface area (Å²) in [5.41, 5.74) is 6.97. The quantitative estimate of drug-likeness (QED) is 0.891. The van der Waals surface area contributed by atoms with Gasteiger partial charge >= 0.3 is 6.09 Å². The van der Waals surface area contributed by atoms with Gasteiger partial charge in [0.2, 0.25) is 0 Å². The summed E-state index contributed by atoms with van der Waals surface area (Å²) in [6.07, 6.45) is 1.42. The van der Waals surface area contributed by atoms with Crippen LogP contribution in [-0.2, 0) is 10.3 Å². The van der Waals surface area contributed by atoms with E-state index in [4.69, 9.17) is 15.2 Å². The highest BCUT2D eigenvalue weighted by Gasteiger charge is 2.40. The SMILES string of the molecule is COc1ccc(C2(N)CC2)cc1NC(=O)OC(C)(C)C. The number of hydrogen-bond acceptors (Lipinski definition) is 4. The Bertz CT molecular complexity index is 516. The lowest BCUT2D eigenvalue weighted by atomic mass is 10.0. The minimum absolute atomic E-state index is 0.253. The Morgan fingerprint density at radius 3 is 2.50 bits per heavy atom. The number of nitrogens with one attached hydrogen (secondary N) is 1. The third-order valence-corrected chi connectivity index (χ3v) is 3.20. The van der Waals surface area contributed by atoms with Crippen LogP contribution in [0.1, 0.15) is 39.2 Å². The van der Waals surface area contributed by atoms with E-state index < -0.39 is 11.7 Å². The van der Waals surface area contributed by atoms with Gasteiger partial charge in [-0.05, 0) is 51.3 Å². The predicted octanol–water partition coefficient (Wildman–Crippen LogP) is 2.99. The largest absolute Gasteiger partial charge is 0.495 e. The molecule has 1 aromatic carbocycles. The second-order valence-electron chi connectivity index (χ2n) is 6.20. The molecule has 0 radical (unpaired) electrons. The van der Waals surface area contributed by atoms with Crippen molar-refractivity contribution in [2.75, 3.05) is 12.4 Å². The number of anilines is 1. The molecule has 0 spiro atoms. The maximum atomic E-state index is 11.9. The number of carbonyl (C=O) groups excluding carboxylic acids is 1. The average molecular weight is 278 g/mol. The van der Waals surface area contributed by atoms with Crippen molar-refractivity contribution in [2.45, 2.75) is 44.8 Å². The van der Waals surface area contributed by atoms with E-state index in [1.807, 2.05) is 39.0 Å². The molecule has 0 heterocycles. The first-order valence-electron chi connectivity index (χ1n) is 6.71. The molecular weight excluding hydrogens is 256 g/mol. The monoisotopic (exact) mass is 278 g/mol. The highest BCUT2D eigenvalue weighted by Crippen LogP contribution is 2.44. The molecule has 5 nitrogen and oxygen atoms in total. The zero-order valence-electron chi connectivity index (χ0n) is 12.4. The van der Waals surface area contributed by atoms with Crippen molar-refractivity contribution >= 4 is 11.8 Å². The third-order valence-electron chi connectivity index (χ3n) is 3.20. The summed E-state index contributed by atoms with van der Waals surface area (Å²) >= 11 is 0. The molecule has 1 aliphatic rings. The fourth-order valence-electron chi connectivity index (χ4n) is 1.95. The topological polar surface area (TPSA) is 73.6 Å². The molecule has 1 amide bonds. The normalized spacial score (nSPS) is 16.4. The van der Waals surface area contributed by atoms with Crippen LogP contribution in [0.3, 0.4) is 0 Å². The van der Waals surface area contributed by atoms with Gasteiger partial charge in [-0.2, -0.15) is 0 Å². The number of rotatable bonds is 3. The Balaban J connectivity index is 2.18. The molecule has 20 heavy (non-hydrogen) atoms. The van der Waals surface area contributed by atoms with Crippen LogP contribution in [0.15, 0.2) is 18.2 Å². The lowest BCUT2D eigenvalue weighted by Gasteiger charge is -2.21. The van der Waals surface area contributed by atoms with Crippen molar-refractivity contribution in [1.29, 1.82) is 0 Å². The van der Waals surface area contributed by atoms with Crippen molar-refractivity contribution in [3.63, 3.8) is 0 Å². The van der Waals surface area contributed by atoms with Gasteiger partial charge in [0, 0.05) is 5.54 Å². The van der Waals surface area contributed by atoms with Gasteiger partial charge in [-0.1, -0.05) is 6.07 Å². The summed E-state index contributed by atoms with van der Waals surface area (Å²) in [7, 11) is 1.56. The molecule has 1 fully saturated rings. The maximum absolute atomic E-state index is 11.9. The van der Waals surface area contributed by atoms with E-state index in [9.17, 15) is 4.79 Å². The van der Waals surface area contributed by atoms with Crippen molar-refractivity contribution in [2.24, 2.45) is 5.73 Å². The molecule has 2 rings (SSSR count). The number of ether oxygens (including phenoxy) is 2. The van der Waals surface area contributed by atoms with Gasteiger partial charge in [-0.15, -0.1) is 0 Å². The highest BCUT2D eigenvalue weighted by atomic mass is 16.6. The lowest BCUT2D eigenvalue weighted by molar-refractivity contribution is 0.0635. The zero-order chi connectivity index (χ0) is 15.0. The molecule has 0 aromatic heterocycles. The number of methoxy groups -OCH3 is 1. The fourth-order valence-corrected chi connectivity index (χ4v) is 1.95. The summed E-state index contributed by atoms with van der Waals surface area (Å²) < 4.78 is 10.5. The Morgan fingerprint density at radius 2 is 2.00 bits per heavy atom. The van der Waals surface area contributed by atoms with Crippen LogP contribution in [0.25, 0.3) is 0 Å². The summed E-state index contributed by atoms with van der Waals surface area (Å²) in [5, 5.41) is 2.72. The van der Waals surface area contributed by atoms with Crippen molar-refractivity contribution < 1.29 is 14.3 Å². The van der Waals surface area contributed by atoms with Crippen LogP contribution < -0.4 is 15.8 Å². The third kappa shape index (κ3) is 3.42. The summed E-state index contributed by atoms with van der Waals surface area (Å²) in [6.45, 7) is 5.46. The Hall–Kier alpha value is -1.75. The average Bonchev–Trinajstić information content (AvgIpc) is 3.06. The standard InChI is InChI=1S/C15H22N2O3/c1-14(2,3)20-13(18)17-11-9-10(15(16)7-8-15)5-6-12(11)19-4/h5-6,9H,7-8,16H2,1-4H3,(H,17,18).